The number of anilines is 1. The quantitative estimate of drug-likeness (QED) is 0.922. The number of thiophene rings is 1. The number of hydrogen-bond acceptors (Lipinski definition) is 4. The predicted octanol–water partition coefficient (Wildman–Crippen LogP) is 2.89. The summed E-state index contributed by atoms with van der Waals surface area (Å²) in [5.74, 6) is 0. The Morgan fingerprint density at radius 3 is 2.74 bits per heavy atom. The van der Waals surface area contributed by atoms with Crippen LogP contribution in [0.5, 0.6) is 0 Å². The molecule has 3 nitrogen and oxygen atoms in total. The number of nitrogens with zero attached hydrogens (tertiary/aromatic N) is 2. The van der Waals surface area contributed by atoms with Crippen LogP contribution in [0.1, 0.15) is 42.7 Å². The average molecular weight is 275 g/mol. The first kappa shape index (κ1) is 13.0. The van der Waals surface area contributed by atoms with Gasteiger partial charge in [-0.3, -0.25) is 0 Å². The number of rotatable bonds is 3. The van der Waals surface area contributed by atoms with Crippen molar-refractivity contribution < 1.29 is 0 Å². The van der Waals surface area contributed by atoms with E-state index in [1.54, 1.807) is 0 Å². The van der Waals surface area contributed by atoms with E-state index in [1.807, 2.05) is 11.3 Å². The highest BCUT2D eigenvalue weighted by Crippen LogP contribution is 2.45. The van der Waals surface area contributed by atoms with Gasteiger partial charge in [0.25, 0.3) is 0 Å². The van der Waals surface area contributed by atoms with Crippen LogP contribution in [0.4, 0.5) is 5.00 Å². The van der Waals surface area contributed by atoms with Crippen molar-refractivity contribution in [2.45, 2.75) is 39.7 Å². The monoisotopic (exact) mass is 275 g/mol. The van der Waals surface area contributed by atoms with E-state index in [-0.39, 0.29) is 0 Å². The Bertz CT molecular complexity index is 514. The molecule has 0 unspecified atom stereocenters. The summed E-state index contributed by atoms with van der Waals surface area (Å²) in [7, 11) is 0. The summed E-state index contributed by atoms with van der Waals surface area (Å²) in [5.41, 5.74) is 2.77. The third-order valence-electron chi connectivity index (χ3n) is 4.86. The Hall–Kier alpha value is -1.05. The molecule has 3 heterocycles. The molecule has 1 saturated heterocycles. The van der Waals surface area contributed by atoms with Gasteiger partial charge < -0.3 is 10.2 Å². The molecule has 0 amide bonds. The topological polar surface area (TPSA) is 39.1 Å². The van der Waals surface area contributed by atoms with Crippen molar-refractivity contribution in [2.75, 3.05) is 24.5 Å². The van der Waals surface area contributed by atoms with Gasteiger partial charge in [0.15, 0.2) is 0 Å². The van der Waals surface area contributed by atoms with E-state index in [2.05, 4.69) is 30.1 Å². The van der Waals surface area contributed by atoms with E-state index in [9.17, 15) is 5.26 Å². The maximum Gasteiger partial charge on any atom is 0.110 e. The Balaban J connectivity index is 1.87. The second-order valence-electron chi connectivity index (χ2n) is 5.79. The van der Waals surface area contributed by atoms with Crippen molar-refractivity contribution in [3.05, 3.63) is 16.0 Å². The van der Waals surface area contributed by atoms with E-state index < -0.39 is 0 Å². The maximum atomic E-state index is 9.49. The van der Waals surface area contributed by atoms with Crippen LogP contribution in [-0.4, -0.2) is 19.6 Å². The minimum absolute atomic E-state index is 0.496. The van der Waals surface area contributed by atoms with Gasteiger partial charge in [0, 0.05) is 29.9 Å². The van der Waals surface area contributed by atoms with Crippen LogP contribution in [0.25, 0.3) is 0 Å². The minimum atomic E-state index is 0.496. The number of nitrogens with one attached hydrogen (secondary N) is 1. The lowest BCUT2D eigenvalue weighted by Crippen LogP contribution is -2.55. The fourth-order valence-electron chi connectivity index (χ4n) is 3.26. The van der Waals surface area contributed by atoms with Crippen molar-refractivity contribution in [2.24, 2.45) is 5.41 Å². The number of nitriles is 1. The van der Waals surface area contributed by atoms with Crippen LogP contribution < -0.4 is 10.2 Å². The van der Waals surface area contributed by atoms with E-state index in [0.717, 1.165) is 38.2 Å². The van der Waals surface area contributed by atoms with E-state index in [1.165, 1.54) is 28.3 Å². The molecule has 102 valence electrons. The second kappa shape index (κ2) is 4.81. The zero-order valence-corrected chi connectivity index (χ0v) is 12.6. The molecule has 0 bridgehead atoms. The molecule has 4 heteroatoms. The summed E-state index contributed by atoms with van der Waals surface area (Å²) in [6.07, 6.45) is 3.50. The molecule has 0 atom stereocenters. The Morgan fingerprint density at radius 2 is 2.11 bits per heavy atom. The zero-order chi connectivity index (χ0) is 13.5. The van der Waals surface area contributed by atoms with Gasteiger partial charge in [0.2, 0.25) is 0 Å². The fourth-order valence-corrected chi connectivity index (χ4v) is 4.53. The van der Waals surface area contributed by atoms with Crippen LogP contribution in [0.2, 0.25) is 0 Å². The summed E-state index contributed by atoms with van der Waals surface area (Å²) in [6.45, 7) is 8.77. The second-order valence-corrected chi connectivity index (χ2v) is 6.87. The first-order valence-corrected chi connectivity index (χ1v) is 8.05. The lowest BCUT2D eigenvalue weighted by Gasteiger charge is -2.50. The molecule has 2 aliphatic rings. The molecule has 1 N–H and O–H groups in total. The largest absolute Gasteiger partial charge is 0.361 e. The highest BCUT2D eigenvalue weighted by atomic mass is 32.1. The van der Waals surface area contributed by atoms with Gasteiger partial charge >= 0.3 is 0 Å². The van der Waals surface area contributed by atoms with Crippen LogP contribution in [0.15, 0.2) is 0 Å². The highest BCUT2D eigenvalue weighted by Gasteiger charge is 2.41. The van der Waals surface area contributed by atoms with Gasteiger partial charge in [0.1, 0.15) is 11.1 Å². The molecule has 1 aromatic heterocycles. The molecule has 1 aromatic rings. The van der Waals surface area contributed by atoms with Gasteiger partial charge in [-0.25, -0.2) is 0 Å². The summed E-state index contributed by atoms with van der Waals surface area (Å²) in [4.78, 5) is 3.80. The van der Waals surface area contributed by atoms with Gasteiger partial charge in [-0.15, -0.1) is 11.3 Å². The molecule has 0 spiro atoms. The Morgan fingerprint density at radius 1 is 1.37 bits per heavy atom. The predicted molar refractivity (Wildman–Crippen MR) is 79.7 cm³/mol. The number of fused-ring (bicyclic) bond motifs is 1. The Labute approximate surface area is 119 Å². The normalized spacial score (nSPS) is 20.6. The zero-order valence-electron chi connectivity index (χ0n) is 11.8. The van der Waals surface area contributed by atoms with Crippen LogP contribution in [-0.2, 0) is 13.0 Å². The fraction of sp³-hybridized carbons (Fsp3) is 0.667. The summed E-state index contributed by atoms with van der Waals surface area (Å²) >= 11 is 1.83. The van der Waals surface area contributed by atoms with E-state index >= 15 is 0 Å². The standard InChI is InChI=1S/C15H21N3S/c1-3-15(4-2)9-18(10-15)14-12(7-16)11-5-6-17-8-13(11)19-14/h17H,3-6,8-10H2,1-2H3. The molecule has 0 radical (unpaired) electrons. The van der Waals surface area contributed by atoms with Gasteiger partial charge in [-0.05, 0) is 31.4 Å². The lowest BCUT2D eigenvalue weighted by molar-refractivity contribution is 0.195. The maximum absolute atomic E-state index is 9.49. The van der Waals surface area contributed by atoms with E-state index in [0.29, 0.717) is 5.41 Å². The molecule has 19 heavy (non-hydrogen) atoms. The van der Waals surface area contributed by atoms with Crippen LogP contribution in [0.3, 0.4) is 0 Å². The van der Waals surface area contributed by atoms with Gasteiger partial charge in [-0.1, -0.05) is 13.8 Å². The number of hydrogen-bond donors (Lipinski definition) is 1. The molecule has 0 aliphatic carbocycles. The van der Waals surface area contributed by atoms with Crippen molar-refractivity contribution in [1.29, 1.82) is 5.26 Å². The molecular weight excluding hydrogens is 254 g/mol. The molecule has 1 fully saturated rings. The summed E-state index contributed by atoms with van der Waals surface area (Å²) in [6, 6.07) is 2.46. The van der Waals surface area contributed by atoms with Crippen molar-refractivity contribution in [3.63, 3.8) is 0 Å². The molecular formula is C15H21N3S. The molecule has 0 aromatic carbocycles. The summed E-state index contributed by atoms with van der Waals surface area (Å²) in [5, 5.41) is 14.1. The average Bonchev–Trinajstić information content (AvgIpc) is 2.77. The van der Waals surface area contributed by atoms with Crippen molar-refractivity contribution in [3.8, 4) is 6.07 Å². The SMILES string of the molecule is CCC1(CC)CN(c2sc3c(c2C#N)CCNC3)C1. The van der Waals surface area contributed by atoms with Crippen LogP contribution in [0, 0.1) is 16.7 Å². The first-order valence-electron chi connectivity index (χ1n) is 7.23. The molecule has 2 aliphatic heterocycles. The molecule has 0 saturated carbocycles. The lowest BCUT2D eigenvalue weighted by atomic mass is 9.75. The minimum Gasteiger partial charge on any atom is -0.361 e. The summed E-state index contributed by atoms with van der Waals surface area (Å²) < 4.78 is 0. The molecule has 3 rings (SSSR count). The third kappa shape index (κ3) is 1.96. The third-order valence-corrected chi connectivity index (χ3v) is 6.15. The van der Waals surface area contributed by atoms with Crippen molar-refractivity contribution >= 4 is 16.3 Å². The van der Waals surface area contributed by atoms with Crippen molar-refractivity contribution in [1.82, 2.24) is 5.32 Å². The Kier molecular flexibility index (Phi) is 3.28. The van der Waals surface area contributed by atoms with Gasteiger partial charge in [0.05, 0.1) is 5.56 Å². The van der Waals surface area contributed by atoms with E-state index in [4.69, 9.17) is 0 Å². The highest BCUT2D eigenvalue weighted by molar-refractivity contribution is 7.16. The van der Waals surface area contributed by atoms with Crippen LogP contribution >= 0.6 is 11.3 Å². The smallest absolute Gasteiger partial charge is 0.110 e. The van der Waals surface area contributed by atoms with Gasteiger partial charge in [-0.2, -0.15) is 5.26 Å². The first-order chi connectivity index (χ1) is 9.23.